The van der Waals surface area contributed by atoms with E-state index in [0.717, 1.165) is 16.9 Å². The first-order chi connectivity index (χ1) is 13.4. The second-order valence-electron chi connectivity index (χ2n) is 6.00. The van der Waals surface area contributed by atoms with E-state index in [1.165, 1.54) is 0 Å². The highest BCUT2D eigenvalue weighted by Gasteiger charge is 2.22. The zero-order valence-corrected chi connectivity index (χ0v) is 17.0. The first kappa shape index (κ1) is 20.0. The molecule has 7 nitrogen and oxygen atoms in total. The highest BCUT2D eigenvalue weighted by molar-refractivity contribution is 7.92. The summed E-state index contributed by atoms with van der Waals surface area (Å²) < 4.78 is 30.5. The summed E-state index contributed by atoms with van der Waals surface area (Å²) in [4.78, 5) is 12.5. The Morgan fingerprint density at radius 1 is 1.14 bits per heavy atom. The molecule has 1 aromatic heterocycles. The minimum atomic E-state index is -3.66. The van der Waals surface area contributed by atoms with Crippen molar-refractivity contribution < 1.29 is 17.9 Å². The molecule has 0 atom stereocenters. The lowest BCUT2D eigenvalue weighted by atomic mass is 10.2. The number of anilines is 1. The molecule has 0 radical (unpaired) electrons. The van der Waals surface area contributed by atoms with Crippen LogP contribution >= 0.6 is 11.3 Å². The van der Waals surface area contributed by atoms with Crippen molar-refractivity contribution in [2.75, 3.05) is 11.9 Å². The molecule has 28 heavy (non-hydrogen) atoms. The fraction of sp³-hybridized carbons (Fsp3) is 0.211. The van der Waals surface area contributed by atoms with Gasteiger partial charge in [0.2, 0.25) is 19.3 Å². The summed E-state index contributed by atoms with van der Waals surface area (Å²) in [7, 11) is -3.66. The van der Waals surface area contributed by atoms with Crippen molar-refractivity contribution in [2.45, 2.75) is 23.9 Å². The average molecular weight is 418 g/mol. The highest BCUT2D eigenvalue weighted by atomic mass is 32.2. The summed E-state index contributed by atoms with van der Waals surface area (Å²) in [5, 5.41) is 10.2. The number of hydrogen-bond donors (Lipinski definition) is 1. The maximum absolute atomic E-state index is 12.6. The number of para-hydroxylation sites is 1. The van der Waals surface area contributed by atoms with E-state index in [1.807, 2.05) is 32.0 Å². The molecule has 3 aromatic rings. The molecule has 0 aliphatic rings. The van der Waals surface area contributed by atoms with Crippen LogP contribution in [0.1, 0.15) is 28.4 Å². The zero-order valence-electron chi connectivity index (χ0n) is 15.4. The van der Waals surface area contributed by atoms with Crippen LogP contribution in [-0.4, -0.2) is 31.1 Å². The highest BCUT2D eigenvalue weighted by Crippen LogP contribution is 2.25. The van der Waals surface area contributed by atoms with Gasteiger partial charge >= 0.3 is 0 Å². The van der Waals surface area contributed by atoms with E-state index < -0.39 is 15.7 Å². The molecule has 0 aliphatic heterocycles. The number of nitrogens with zero attached hydrogens (tertiary/aromatic N) is 2. The predicted octanol–water partition coefficient (Wildman–Crippen LogP) is 3.47. The lowest BCUT2D eigenvalue weighted by molar-refractivity contribution is 0.102. The molecule has 0 fully saturated rings. The SMILES string of the molecule is CCOc1ccccc1C(=O)Nc1nnc(S(=O)(=O)Cc2cccc(C)c2)s1. The van der Waals surface area contributed by atoms with Gasteiger partial charge in [-0.15, -0.1) is 10.2 Å². The Labute approximate surface area is 167 Å². The Morgan fingerprint density at radius 2 is 1.93 bits per heavy atom. The van der Waals surface area contributed by atoms with Crippen LogP contribution in [0, 0.1) is 6.92 Å². The van der Waals surface area contributed by atoms with E-state index in [1.54, 1.807) is 30.3 Å². The van der Waals surface area contributed by atoms with Gasteiger partial charge in [-0.2, -0.15) is 0 Å². The summed E-state index contributed by atoms with van der Waals surface area (Å²) in [6.45, 7) is 4.14. The number of carbonyl (C=O) groups is 1. The van der Waals surface area contributed by atoms with Crippen LogP contribution < -0.4 is 10.1 Å². The third kappa shape index (κ3) is 4.73. The van der Waals surface area contributed by atoms with E-state index in [0.29, 0.717) is 23.5 Å². The van der Waals surface area contributed by atoms with Gasteiger partial charge in [0.1, 0.15) is 5.75 Å². The van der Waals surface area contributed by atoms with E-state index in [2.05, 4.69) is 15.5 Å². The Balaban J connectivity index is 1.76. The van der Waals surface area contributed by atoms with Gasteiger partial charge in [-0.05, 0) is 31.5 Å². The van der Waals surface area contributed by atoms with Gasteiger partial charge in [0.15, 0.2) is 0 Å². The second-order valence-corrected chi connectivity index (χ2v) is 9.15. The minimum Gasteiger partial charge on any atom is -0.493 e. The van der Waals surface area contributed by atoms with Crippen LogP contribution in [-0.2, 0) is 15.6 Å². The summed E-state index contributed by atoms with van der Waals surface area (Å²) in [6, 6.07) is 14.1. The molecule has 0 saturated heterocycles. The molecular formula is C19H19N3O4S2. The number of ether oxygens (including phenoxy) is 1. The Bertz CT molecular complexity index is 1090. The van der Waals surface area contributed by atoms with Crippen LogP contribution in [0.2, 0.25) is 0 Å². The lowest BCUT2D eigenvalue weighted by Gasteiger charge is -2.08. The number of sulfone groups is 1. The molecular weight excluding hydrogens is 398 g/mol. The molecule has 146 valence electrons. The molecule has 0 unspecified atom stereocenters. The lowest BCUT2D eigenvalue weighted by Crippen LogP contribution is -2.13. The standard InChI is InChI=1S/C19H19N3O4S2/c1-3-26-16-10-5-4-9-15(16)17(23)20-18-21-22-19(27-18)28(24,25)12-14-8-6-7-13(2)11-14/h4-11H,3,12H2,1-2H3,(H,20,21,23). The minimum absolute atomic E-state index is 0.110. The van der Waals surface area contributed by atoms with Gasteiger partial charge < -0.3 is 4.74 Å². The van der Waals surface area contributed by atoms with Crippen molar-refractivity contribution in [3.8, 4) is 5.75 Å². The molecule has 3 rings (SSSR count). The number of amides is 1. The van der Waals surface area contributed by atoms with Gasteiger partial charge in [-0.1, -0.05) is 53.3 Å². The van der Waals surface area contributed by atoms with E-state index in [9.17, 15) is 13.2 Å². The molecule has 0 saturated carbocycles. The third-order valence-electron chi connectivity index (χ3n) is 3.76. The smallest absolute Gasteiger partial charge is 0.261 e. The number of aromatic nitrogens is 2. The summed E-state index contributed by atoms with van der Waals surface area (Å²) in [6.07, 6.45) is 0. The van der Waals surface area contributed by atoms with Crippen LogP contribution in [0.5, 0.6) is 5.75 Å². The van der Waals surface area contributed by atoms with Crippen LogP contribution in [0.4, 0.5) is 5.13 Å². The largest absolute Gasteiger partial charge is 0.493 e. The van der Waals surface area contributed by atoms with Gasteiger partial charge in [0, 0.05) is 0 Å². The number of rotatable bonds is 7. The average Bonchev–Trinajstić information content (AvgIpc) is 3.11. The van der Waals surface area contributed by atoms with Gasteiger partial charge in [-0.25, -0.2) is 8.42 Å². The predicted molar refractivity (Wildman–Crippen MR) is 108 cm³/mol. The zero-order chi connectivity index (χ0) is 20.1. The van der Waals surface area contributed by atoms with Crippen molar-refractivity contribution >= 4 is 32.2 Å². The van der Waals surface area contributed by atoms with Crippen molar-refractivity contribution in [1.29, 1.82) is 0 Å². The maximum Gasteiger partial charge on any atom is 0.261 e. The number of carbonyl (C=O) groups excluding carboxylic acids is 1. The number of aryl methyl sites for hydroxylation is 1. The number of benzene rings is 2. The van der Waals surface area contributed by atoms with E-state index >= 15 is 0 Å². The summed E-state index contributed by atoms with van der Waals surface area (Å²) in [5.41, 5.74) is 1.99. The first-order valence-corrected chi connectivity index (χ1v) is 11.0. The summed E-state index contributed by atoms with van der Waals surface area (Å²) in [5.74, 6) is -0.174. The van der Waals surface area contributed by atoms with Crippen LogP contribution in [0.15, 0.2) is 52.9 Å². The van der Waals surface area contributed by atoms with Crippen LogP contribution in [0.3, 0.4) is 0 Å². The molecule has 1 heterocycles. The molecule has 0 spiro atoms. The molecule has 9 heteroatoms. The van der Waals surface area contributed by atoms with Gasteiger partial charge in [-0.3, -0.25) is 10.1 Å². The third-order valence-corrected chi connectivity index (χ3v) is 6.74. The molecule has 0 aliphatic carbocycles. The number of hydrogen-bond acceptors (Lipinski definition) is 7. The van der Waals surface area contributed by atoms with Crippen molar-refractivity contribution in [1.82, 2.24) is 10.2 Å². The van der Waals surface area contributed by atoms with E-state index in [4.69, 9.17) is 4.74 Å². The Kier molecular flexibility index (Phi) is 6.05. The molecule has 1 amide bonds. The quantitative estimate of drug-likeness (QED) is 0.591. The van der Waals surface area contributed by atoms with Gasteiger partial charge in [0.05, 0.1) is 17.9 Å². The molecule has 0 bridgehead atoms. The number of nitrogens with one attached hydrogen (secondary N) is 1. The normalized spacial score (nSPS) is 11.2. The van der Waals surface area contributed by atoms with Crippen LogP contribution in [0.25, 0.3) is 0 Å². The fourth-order valence-electron chi connectivity index (χ4n) is 2.57. The second kappa shape index (κ2) is 8.49. The van der Waals surface area contributed by atoms with Crippen molar-refractivity contribution in [3.63, 3.8) is 0 Å². The Morgan fingerprint density at radius 3 is 2.68 bits per heavy atom. The van der Waals surface area contributed by atoms with Crippen molar-refractivity contribution in [3.05, 3.63) is 65.2 Å². The molecule has 1 N–H and O–H groups in total. The maximum atomic E-state index is 12.6. The summed E-state index contributed by atoms with van der Waals surface area (Å²) >= 11 is 0.823. The van der Waals surface area contributed by atoms with Crippen molar-refractivity contribution in [2.24, 2.45) is 0 Å². The fourth-order valence-corrected chi connectivity index (χ4v) is 4.87. The Hall–Kier alpha value is -2.78. The van der Waals surface area contributed by atoms with E-state index in [-0.39, 0.29) is 15.2 Å². The van der Waals surface area contributed by atoms with Gasteiger partial charge in [0.25, 0.3) is 5.91 Å². The monoisotopic (exact) mass is 417 g/mol. The topological polar surface area (TPSA) is 98.2 Å². The molecule has 2 aromatic carbocycles. The first-order valence-electron chi connectivity index (χ1n) is 8.54.